The van der Waals surface area contributed by atoms with E-state index in [1.807, 2.05) is 13.8 Å². The summed E-state index contributed by atoms with van der Waals surface area (Å²) in [6.45, 7) is 4.37. The second-order valence-corrected chi connectivity index (χ2v) is 5.76. The predicted molar refractivity (Wildman–Crippen MR) is 72.8 cm³/mol. The molecule has 1 heterocycles. The van der Waals surface area contributed by atoms with Crippen molar-refractivity contribution in [3.05, 3.63) is 11.9 Å². The lowest BCUT2D eigenvalue weighted by molar-refractivity contribution is 0.0929. The number of nitrogens with one attached hydrogen (secondary N) is 1. The molecule has 1 rings (SSSR count). The lowest BCUT2D eigenvalue weighted by Crippen LogP contribution is -2.35. The number of nitrogens with zero attached hydrogens (tertiary/aromatic N) is 2. The van der Waals surface area contributed by atoms with Crippen LogP contribution < -0.4 is 11.1 Å². The van der Waals surface area contributed by atoms with Crippen molar-refractivity contribution in [2.24, 2.45) is 0 Å². The van der Waals surface area contributed by atoms with E-state index in [1.165, 1.54) is 6.20 Å². The van der Waals surface area contributed by atoms with Gasteiger partial charge in [-0.3, -0.25) is 13.7 Å². The van der Waals surface area contributed by atoms with E-state index in [2.05, 4.69) is 10.4 Å². The van der Waals surface area contributed by atoms with Gasteiger partial charge in [0.25, 0.3) is 5.91 Å². The summed E-state index contributed by atoms with van der Waals surface area (Å²) in [5.41, 5.74) is 6.49. The van der Waals surface area contributed by atoms with Crippen molar-refractivity contribution < 1.29 is 9.00 Å². The van der Waals surface area contributed by atoms with Crippen LogP contribution in [0, 0.1) is 0 Å². The van der Waals surface area contributed by atoms with E-state index in [9.17, 15) is 9.00 Å². The van der Waals surface area contributed by atoms with Gasteiger partial charge in [0.1, 0.15) is 5.69 Å². The first-order valence-electron chi connectivity index (χ1n) is 5.87. The summed E-state index contributed by atoms with van der Waals surface area (Å²) in [4.78, 5) is 12.0. The van der Waals surface area contributed by atoms with Crippen LogP contribution in [-0.2, 0) is 17.3 Å². The van der Waals surface area contributed by atoms with Gasteiger partial charge in [0, 0.05) is 35.4 Å². The molecule has 7 heteroatoms. The Labute approximate surface area is 109 Å². The fourth-order valence-electron chi connectivity index (χ4n) is 1.59. The molecule has 0 bridgehead atoms. The summed E-state index contributed by atoms with van der Waals surface area (Å²) in [6.07, 6.45) is 3.80. The van der Waals surface area contributed by atoms with Gasteiger partial charge in [-0.05, 0) is 20.3 Å². The molecule has 0 aliphatic carbocycles. The van der Waals surface area contributed by atoms with E-state index < -0.39 is 10.8 Å². The van der Waals surface area contributed by atoms with Crippen LogP contribution in [0.4, 0.5) is 5.69 Å². The minimum absolute atomic E-state index is 0.0407. The molecule has 0 saturated heterocycles. The highest BCUT2D eigenvalue weighted by atomic mass is 32.2. The minimum Gasteiger partial charge on any atom is -0.396 e. The van der Waals surface area contributed by atoms with E-state index in [-0.39, 0.29) is 11.9 Å². The first kappa shape index (κ1) is 14.7. The Hall–Kier alpha value is -1.37. The number of anilines is 1. The Morgan fingerprint density at radius 1 is 1.67 bits per heavy atom. The number of nitrogen functional groups attached to an aromatic ring is 1. The van der Waals surface area contributed by atoms with E-state index >= 15 is 0 Å². The van der Waals surface area contributed by atoms with Crippen molar-refractivity contribution in [2.75, 3.05) is 17.7 Å². The molecular formula is C11H20N4O2S. The molecule has 2 unspecified atom stereocenters. The fourth-order valence-corrected chi connectivity index (χ4v) is 2.28. The number of hydrogen-bond donors (Lipinski definition) is 2. The lowest BCUT2D eigenvalue weighted by atomic mass is 10.2. The highest BCUT2D eigenvalue weighted by molar-refractivity contribution is 7.84. The molecule has 2 atom stereocenters. The molecule has 0 aliphatic heterocycles. The van der Waals surface area contributed by atoms with Crippen LogP contribution in [0.25, 0.3) is 0 Å². The fraction of sp³-hybridized carbons (Fsp3) is 0.636. The second kappa shape index (κ2) is 6.53. The van der Waals surface area contributed by atoms with E-state index in [1.54, 1.807) is 10.9 Å². The van der Waals surface area contributed by atoms with Gasteiger partial charge in [0.05, 0.1) is 11.9 Å². The summed E-state index contributed by atoms with van der Waals surface area (Å²) in [5.74, 6) is 0.338. The number of carbonyl (C=O) groups is 1. The Morgan fingerprint density at radius 3 is 2.89 bits per heavy atom. The van der Waals surface area contributed by atoms with E-state index in [0.717, 1.165) is 0 Å². The second-order valence-electron chi connectivity index (χ2n) is 4.20. The molecule has 18 heavy (non-hydrogen) atoms. The highest BCUT2D eigenvalue weighted by Crippen LogP contribution is 2.11. The molecule has 1 amide bonds. The summed E-state index contributed by atoms with van der Waals surface area (Å²) in [6, 6.07) is -0.0407. The average Bonchev–Trinajstić information content (AvgIpc) is 2.67. The minimum atomic E-state index is -0.842. The molecule has 0 spiro atoms. The average molecular weight is 272 g/mol. The summed E-state index contributed by atoms with van der Waals surface area (Å²) in [7, 11) is -0.842. The van der Waals surface area contributed by atoms with Crippen molar-refractivity contribution in [3.8, 4) is 0 Å². The molecule has 102 valence electrons. The Kier molecular flexibility index (Phi) is 5.33. The number of rotatable bonds is 6. The molecule has 3 N–H and O–H groups in total. The van der Waals surface area contributed by atoms with Gasteiger partial charge >= 0.3 is 0 Å². The van der Waals surface area contributed by atoms with Crippen molar-refractivity contribution in [3.63, 3.8) is 0 Å². The van der Waals surface area contributed by atoms with Gasteiger partial charge in [-0.15, -0.1) is 0 Å². The topological polar surface area (TPSA) is 90.0 Å². The van der Waals surface area contributed by atoms with Crippen LogP contribution in [0.1, 0.15) is 30.8 Å². The van der Waals surface area contributed by atoms with Crippen LogP contribution in [0.3, 0.4) is 0 Å². The Morgan fingerprint density at radius 2 is 2.33 bits per heavy atom. The third kappa shape index (κ3) is 3.83. The zero-order valence-electron chi connectivity index (χ0n) is 11.0. The van der Waals surface area contributed by atoms with Gasteiger partial charge < -0.3 is 11.1 Å². The van der Waals surface area contributed by atoms with Crippen LogP contribution in [0.2, 0.25) is 0 Å². The zero-order valence-corrected chi connectivity index (χ0v) is 11.8. The number of aromatic nitrogens is 2. The van der Waals surface area contributed by atoms with Gasteiger partial charge in [-0.25, -0.2) is 0 Å². The highest BCUT2D eigenvalue weighted by Gasteiger charge is 2.17. The summed E-state index contributed by atoms with van der Waals surface area (Å²) >= 11 is 0. The SMILES string of the molecule is CCn1ncc(N)c1C(=O)NC(C)CCS(C)=O. The molecule has 0 radical (unpaired) electrons. The molecule has 6 nitrogen and oxygen atoms in total. The summed E-state index contributed by atoms with van der Waals surface area (Å²) < 4.78 is 12.5. The van der Waals surface area contributed by atoms with E-state index in [4.69, 9.17) is 5.73 Å². The Balaban J connectivity index is 2.64. The normalized spacial score (nSPS) is 14.2. The van der Waals surface area contributed by atoms with Crippen molar-refractivity contribution in [2.45, 2.75) is 32.9 Å². The maximum Gasteiger partial charge on any atom is 0.271 e. The van der Waals surface area contributed by atoms with Crippen LogP contribution in [0.15, 0.2) is 6.20 Å². The lowest BCUT2D eigenvalue weighted by Gasteiger charge is -2.14. The van der Waals surface area contributed by atoms with Gasteiger partial charge in [-0.2, -0.15) is 5.10 Å². The first-order valence-corrected chi connectivity index (χ1v) is 7.60. The van der Waals surface area contributed by atoms with Crippen LogP contribution in [0.5, 0.6) is 0 Å². The Bertz CT molecular complexity index is 444. The molecular weight excluding hydrogens is 252 g/mol. The third-order valence-electron chi connectivity index (χ3n) is 2.60. The van der Waals surface area contributed by atoms with Gasteiger partial charge in [0.2, 0.25) is 0 Å². The zero-order chi connectivity index (χ0) is 13.7. The maximum atomic E-state index is 12.0. The van der Waals surface area contributed by atoms with Crippen LogP contribution >= 0.6 is 0 Å². The predicted octanol–water partition coefficient (Wildman–Crippen LogP) is 0.372. The number of nitrogens with two attached hydrogens (primary N) is 1. The molecule has 0 saturated carbocycles. The molecule has 1 aromatic rings. The van der Waals surface area contributed by atoms with Crippen LogP contribution in [-0.4, -0.2) is 37.9 Å². The van der Waals surface area contributed by atoms with E-state index in [0.29, 0.717) is 30.1 Å². The first-order chi connectivity index (χ1) is 8.45. The third-order valence-corrected chi connectivity index (χ3v) is 3.41. The standard InChI is InChI=1S/C11H20N4O2S/c1-4-15-10(9(12)7-13-15)11(16)14-8(2)5-6-18(3)17/h7-8H,4-6,12H2,1-3H3,(H,14,16). The monoisotopic (exact) mass is 272 g/mol. The number of aryl methyl sites for hydroxylation is 1. The number of amides is 1. The molecule has 1 aromatic heterocycles. The van der Waals surface area contributed by atoms with Gasteiger partial charge in [0.15, 0.2) is 0 Å². The summed E-state index contributed by atoms with van der Waals surface area (Å²) in [5, 5.41) is 6.86. The maximum absolute atomic E-state index is 12.0. The quantitative estimate of drug-likeness (QED) is 0.783. The number of hydrogen-bond acceptors (Lipinski definition) is 4. The smallest absolute Gasteiger partial charge is 0.271 e. The largest absolute Gasteiger partial charge is 0.396 e. The molecule has 0 aliphatic rings. The van der Waals surface area contributed by atoms with Crippen molar-refractivity contribution in [1.29, 1.82) is 0 Å². The molecule has 0 fully saturated rings. The van der Waals surface area contributed by atoms with Gasteiger partial charge in [-0.1, -0.05) is 0 Å². The number of carbonyl (C=O) groups excluding carboxylic acids is 1. The van der Waals surface area contributed by atoms with Crippen molar-refractivity contribution >= 4 is 22.4 Å². The molecule has 0 aromatic carbocycles. The van der Waals surface area contributed by atoms with Crippen molar-refractivity contribution in [1.82, 2.24) is 15.1 Å².